The lowest BCUT2D eigenvalue weighted by Gasteiger charge is -2.24. The number of esters is 2. The number of carbonyl (C=O) groups is 4. The monoisotopic (exact) mass is 569 g/mol. The molecule has 3 heterocycles. The highest BCUT2D eigenvalue weighted by Crippen LogP contribution is 2.22. The Labute approximate surface area is 245 Å². The van der Waals surface area contributed by atoms with E-state index in [0.29, 0.717) is 37.3 Å². The third-order valence-electron chi connectivity index (χ3n) is 7.67. The number of hydrogen-bond acceptors (Lipinski definition) is 7. The molecule has 2 aromatic carbocycles. The molecule has 9 nitrogen and oxygen atoms in total. The van der Waals surface area contributed by atoms with E-state index < -0.39 is 24.0 Å². The summed E-state index contributed by atoms with van der Waals surface area (Å²) in [5, 5.41) is 0. The van der Waals surface area contributed by atoms with Crippen molar-refractivity contribution in [2.75, 3.05) is 13.1 Å². The fraction of sp³-hybridized carbons (Fsp3) is 0.364. The standard InChI is InChI=1S/C33H35N3O6/c37-30(35-18-8-16-28(35)32(39)41-22-24-10-3-1-4-11-24)20-26-14-7-15-27(34-26)21-31(38)36-19-9-17-29(36)33(40)42-23-25-12-5-2-6-13-25/h1-7,10-15,28-29H,8-9,16-23H2. The van der Waals surface area contributed by atoms with Gasteiger partial charge in [0, 0.05) is 13.1 Å². The van der Waals surface area contributed by atoms with Crippen LogP contribution in [-0.2, 0) is 54.7 Å². The molecule has 2 aliphatic rings. The van der Waals surface area contributed by atoms with Crippen LogP contribution in [0.5, 0.6) is 0 Å². The zero-order valence-corrected chi connectivity index (χ0v) is 23.5. The fourth-order valence-electron chi connectivity index (χ4n) is 5.51. The van der Waals surface area contributed by atoms with Gasteiger partial charge in [0.25, 0.3) is 0 Å². The number of carbonyl (C=O) groups excluding carboxylic acids is 4. The van der Waals surface area contributed by atoms with Gasteiger partial charge in [0.05, 0.1) is 24.2 Å². The molecule has 0 N–H and O–H groups in total. The third-order valence-corrected chi connectivity index (χ3v) is 7.67. The minimum absolute atomic E-state index is 0.0165. The third kappa shape index (κ3) is 7.40. The summed E-state index contributed by atoms with van der Waals surface area (Å²) in [7, 11) is 0. The maximum atomic E-state index is 13.2. The number of likely N-dealkylation sites (tertiary alicyclic amines) is 2. The van der Waals surface area contributed by atoms with Gasteiger partial charge in [-0.05, 0) is 48.9 Å². The lowest BCUT2D eigenvalue weighted by Crippen LogP contribution is -2.42. The average molecular weight is 570 g/mol. The van der Waals surface area contributed by atoms with Crippen LogP contribution in [0, 0.1) is 0 Å². The van der Waals surface area contributed by atoms with E-state index in [1.54, 1.807) is 28.0 Å². The van der Waals surface area contributed by atoms with Crippen LogP contribution in [-0.4, -0.2) is 63.7 Å². The van der Waals surface area contributed by atoms with Gasteiger partial charge in [-0.25, -0.2) is 9.59 Å². The topological polar surface area (TPSA) is 106 Å². The Balaban J connectivity index is 1.14. The van der Waals surface area contributed by atoms with Crippen molar-refractivity contribution < 1.29 is 28.7 Å². The van der Waals surface area contributed by atoms with Crippen molar-refractivity contribution in [2.45, 2.75) is 63.8 Å². The maximum absolute atomic E-state index is 13.2. The molecule has 0 aliphatic carbocycles. The summed E-state index contributed by atoms with van der Waals surface area (Å²) in [5.74, 6) is -1.21. The highest BCUT2D eigenvalue weighted by molar-refractivity contribution is 5.87. The molecule has 9 heteroatoms. The summed E-state index contributed by atoms with van der Waals surface area (Å²) in [6.07, 6.45) is 2.61. The molecular weight excluding hydrogens is 534 g/mol. The van der Waals surface area contributed by atoms with Gasteiger partial charge in [-0.15, -0.1) is 0 Å². The minimum Gasteiger partial charge on any atom is -0.459 e. The van der Waals surface area contributed by atoms with E-state index in [1.807, 2.05) is 60.7 Å². The molecule has 5 rings (SSSR count). The smallest absolute Gasteiger partial charge is 0.329 e. The summed E-state index contributed by atoms with van der Waals surface area (Å²) in [4.78, 5) is 59.6. The molecule has 1 aromatic heterocycles. The summed E-state index contributed by atoms with van der Waals surface area (Å²) >= 11 is 0. The Kier molecular flexibility index (Phi) is 9.59. The Morgan fingerprint density at radius 1 is 0.619 bits per heavy atom. The van der Waals surface area contributed by atoms with E-state index in [9.17, 15) is 19.2 Å². The molecule has 2 fully saturated rings. The molecule has 0 bridgehead atoms. The summed E-state index contributed by atoms with van der Waals surface area (Å²) in [5.41, 5.74) is 2.82. The maximum Gasteiger partial charge on any atom is 0.329 e. The number of pyridine rings is 1. The molecule has 0 saturated carbocycles. The molecule has 2 amide bonds. The largest absolute Gasteiger partial charge is 0.459 e. The Hall–Kier alpha value is -4.53. The molecule has 2 aliphatic heterocycles. The zero-order chi connectivity index (χ0) is 29.3. The van der Waals surface area contributed by atoms with Crippen molar-refractivity contribution in [3.05, 3.63) is 101 Å². The van der Waals surface area contributed by atoms with Crippen LogP contribution in [0.15, 0.2) is 78.9 Å². The van der Waals surface area contributed by atoms with Crippen molar-refractivity contribution in [1.82, 2.24) is 14.8 Å². The number of rotatable bonds is 10. The van der Waals surface area contributed by atoms with Crippen LogP contribution in [0.2, 0.25) is 0 Å². The normalized spacial score (nSPS) is 18.1. The Bertz CT molecular complexity index is 1290. The summed E-state index contributed by atoms with van der Waals surface area (Å²) in [6.45, 7) is 1.30. The second kappa shape index (κ2) is 13.9. The first-order valence-electron chi connectivity index (χ1n) is 14.4. The van der Waals surface area contributed by atoms with Crippen LogP contribution < -0.4 is 0 Å². The number of nitrogens with zero attached hydrogens (tertiary/aromatic N) is 3. The van der Waals surface area contributed by atoms with Crippen LogP contribution >= 0.6 is 0 Å². The summed E-state index contributed by atoms with van der Waals surface area (Å²) in [6, 6.07) is 22.9. The quantitative estimate of drug-likeness (QED) is 0.343. The molecule has 42 heavy (non-hydrogen) atoms. The van der Waals surface area contributed by atoms with E-state index in [4.69, 9.17) is 9.47 Å². The van der Waals surface area contributed by atoms with Gasteiger partial charge >= 0.3 is 11.9 Å². The molecule has 3 aromatic rings. The second-order valence-corrected chi connectivity index (χ2v) is 10.7. The highest BCUT2D eigenvalue weighted by atomic mass is 16.5. The SMILES string of the molecule is O=C(OCc1ccccc1)C1CCCN1C(=O)Cc1cccc(CC(=O)N2CCCC2C(=O)OCc2ccccc2)n1. The van der Waals surface area contributed by atoms with Crippen molar-refractivity contribution in [3.8, 4) is 0 Å². The molecule has 218 valence electrons. The van der Waals surface area contributed by atoms with Crippen LogP contribution in [0.25, 0.3) is 0 Å². The Morgan fingerprint density at radius 3 is 1.48 bits per heavy atom. The average Bonchev–Trinajstić information content (AvgIpc) is 3.71. The lowest BCUT2D eigenvalue weighted by molar-refractivity contribution is -0.154. The molecule has 0 radical (unpaired) electrons. The van der Waals surface area contributed by atoms with Crippen molar-refractivity contribution in [2.24, 2.45) is 0 Å². The van der Waals surface area contributed by atoms with Crippen LogP contribution in [0.4, 0.5) is 0 Å². The highest BCUT2D eigenvalue weighted by Gasteiger charge is 2.36. The van der Waals surface area contributed by atoms with E-state index in [2.05, 4.69) is 4.98 Å². The molecular formula is C33H35N3O6. The van der Waals surface area contributed by atoms with Crippen LogP contribution in [0.3, 0.4) is 0 Å². The van der Waals surface area contributed by atoms with Crippen LogP contribution in [0.1, 0.15) is 48.2 Å². The van der Waals surface area contributed by atoms with E-state index in [1.165, 1.54) is 0 Å². The zero-order valence-electron chi connectivity index (χ0n) is 23.5. The minimum atomic E-state index is -0.611. The van der Waals surface area contributed by atoms with Gasteiger partial charge in [-0.2, -0.15) is 0 Å². The van der Waals surface area contributed by atoms with Gasteiger partial charge in [-0.3, -0.25) is 14.6 Å². The second-order valence-electron chi connectivity index (χ2n) is 10.7. The molecule has 0 spiro atoms. The molecule has 2 saturated heterocycles. The van der Waals surface area contributed by atoms with Crippen molar-refractivity contribution >= 4 is 23.8 Å². The summed E-state index contributed by atoms with van der Waals surface area (Å²) < 4.78 is 11.0. The van der Waals surface area contributed by atoms with E-state index in [-0.39, 0.29) is 37.9 Å². The first-order valence-corrected chi connectivity index (χ1v) is 14.4. The number of amides is 2. The molecule has 2 atom stereocenters. The lowest BCUT2D eigenvalue weighted by atomic mass is 10.1. The van der Waals surface area contributed by atoms with Gasteiger partial charge in [0.2, 0.25) is 11.8 Å². The van der Waals surface area contributed by atoms with Gasteiger partial charge in [0.15, 0.2) is 0 Å². The number of ether oxygens (including phenoxy) is 2. The van der Waals surface area contributed by atoms with E-state index in [0.717, 1.165) is 24.0 Å². The predicted octanol–water partition coefficient (Wildman–Crippen LogP) is 3.64. The van der Waals surface area contributed by atoms with Crippen molar-refractivity contribution in [1.29, 1.82) is 0 Å². The number of aromatic nitrogens is 1. The van der Waals surface area contributed by atoms with Gasteiger partial charge in [0.1, 0.15) is 25.3 Å². The Morgan fingerprint density at radius 2 is 1.05 bits per heavy atom. The fourth-order valence-corrected chi connectivity index (χ4v) is 5.51. The van der Waals surface area contributed by atoms with Gasteiger partial charge < -0.3 is 19.3 Å². The van der Waals surface area contributed by atoms with Gasteiger partial charge in [-0.1, -0.05) is 66.7 Å². The van der Waals surface area contributed by atoms with Crippen molar-refractivity contribution in [3.63, 3.8) is 0 Å². The predicted molar refractivity (Wildman–Crippen MR) is 154 cm³/mol. The molecule has 2 unspecified atom stereocenters. The first kappa shape index (κ1) is 29.0. The number of benzene rings is 2. The number of hydrogen-bond donors (Lipinski definition) is 0. The van der Waals surface area contributed by atoms with E-state index >= 15 is 0 Å². The first-order chi connectivity index (χ1) is 20.5.